The fourth-order valence-corrected chi connectivity index (χ4v) is 2.92. The van der Waals surface area contributed by atoms with E-state index in [4.69, 9.17) is 14.2 Å². The summed E-state index contributed by atoms with van der Waals surface area (Å²) >= 11 is 0. The number of hydrogen-bond donors (Lipinski definition) is 2. The third-order valence-electron chi connectivity index (χ3n) is 4.39. The number of esters is 1. The maximum Gasteiger partial charge on any atom is 0.408 e. The molecule has 1 aromatic heterocycles. The van der Waals surface area contributed by atoms with Crippen molar-refractivity contribution in [2.75, 3.05) is 14.2 Å². The summed E-state index contributed by atoms with van der Waals surface area (Å²) in [6, 6.07) is 14.1. The van der Waals surface area contributed by atoms with Crippen LogP contribution in [0.15, 0.2) is 54.7 Å². The second-order valence-electron chi connectivity index (χ2n) is 6.21. The molecule has 0 radical (unpaired) electrons. The third kappa shape index (κ3) is 4.62. The molecule has 3 aromatic rings. The highest BCUT2D eigenvalue weighted by atomic mass is 16.6. The standard InChI is InChI=1S/C21H22N2O5/c1-26-16-8-9-17-15(12-22-18(17)11-16)10-19(20(24)27-2)23-21(25)28-13-14-6-4-3-5-7-14/h3-9,11-12,19,22H,10,13H2,1-2H3,(H,23,25). The van der Waals surface area contributed by atoms with Crippen LogP contribution >= 0.6 is 0 Å². The van der Waals surface area contributed by atoms with Crippen LogP contribution in [0, 0.1) is 0 Å². The zero-order chi connectivity index (χ0) is 19.9. The third-order valence-corrected chi connectivity index (χ3v) is 4.39. The lowest BCUT2D eigenvalue weighted by Crippen LogP contribution is -2.43. The number of alkyl carbamates (subject to hydrolysis) is 1. The Morgan fingerprint density at radius 3 is 2.61 bits per heavy atom. The van der Waals surface area contributed by atoms with Crippen molar-refractivity contribution < 1.29 is 23.8 Å². The first kappa shape index (κ1) is 19.3. The normalized spacial score (nSPS) is 11.6. The van der Waals surface area contributed by atoms with Gasteiger partial charge in [0.15, 0.2) is 0 Å². The number of nitrogens with one attached hydrogen (secondary N) is 2. The van der Waals surface area contributed by atoms with E-state index in [0.717, 1.165) is 27.8 Å². The summed E-state index contributed by atoms with van der Waals surface area (Å²) in [4.78, 5) is 27.5. The second-order valence-corrected chi connectivity index (χ2v) is 6.21. The lowest BCUT2D eigenvalue weighted by atomic mass is 10.0. The maximum absolute atomic E-state index is 12.2. The van der Waals surface area contributed by atoms with Crippen LogP contribution in [0.5, 0.6) is 5.75 Å². The average Bonchev–Trinajstić information content (AvgIpc) is 3.13. The van der Waals surface area contributed by atoms with E-state index in [1.165, 1.54) is 7.11 Å². The molecule has 0 saturated heterocycles. The minimum absolute atomic E-state index is 0.118. The molecule has 2 aromatic carbocycles. The molecule has 1 heterocycles. The van der Waals surface area contributed by atoms with Gasteiger partial charge in [-0.1, -0.05) is 30.3 Å². The van der Waals surface area contributed by atoms with E-state index in [0.29, 0.717) is 0 Å². The van der Waals surface area contributed by atoms with Gasteiger partial charge in [0.05, 0.1) is 14.2 Å². The predicted octanol–water partition coefficient (Wildman–Crippen LogP) is 3.19. The molecule has 0 aliphatic heterocycles. The fraction of sp³-hybridized carbons (Fsp3) is 0.238. The van der Waals surface area contributed by atoms with Crippen molar-refractivity contribution in [2.45, 2.75) is 19.1 Å². The quantitative estimate of drug-likeness (QED) is 0.613. The van der Waals surface area contributed by atoms with Gasteiger partial charge in [-0.3, -0.25) is 0 Å². The molecule has 146 valence electrons. The molecule has 1 atom stereocenters. The fourth-order valence-electron chi connectivity index (χ4n) is 2.92. The molecule has 0 saturated carbocycles. The van der Waals surface area contributed by atoms with E-state index in [-0.39, 0.29) is 13.0 Å². The first-order valence-corrected chi connectivity index (χ1v) is 8.79. The zero-order valence-electron chi connectivity index (χ0n) is 15.7. The van der Waals surface area contributed by atoms with E-state index in [1.807, 2.05) is 48.5 Å². The molecular weight excluding hydrogens is 360 g/mol. The molecule has 0 fully saturated rings. The number of rotatable bonds is 7. The number of H-pyrrole nitrogens is 1. The van der Waals surface area contributed by atoms with Crippen molar-refractivity contribution in [1.29, 1.82) is 0 Å². The van der Waals surface area contributed by atoms with Crippen molar-refractivity contribution in [2.24, 2.45) is 0 Å². The van der Waals surface area contributed by atoms with Gasteiger partial charge in [-0.2, -0.15) is 0 Å². The highest BCUT2D eigenvalue weighted by Crippen LogP contribution is 2.24. The first-order chi connectivity index (χ1) is 13.6. The molecular formula is C21H22N2O5. The van der Waals surface area contributed by atoms with Crippen LogP contribution in [0.4, 0.5) is 4.79 Å². The largest absolute Gasteiger partial charge is 0.497 e. The van der Waals surface area contributed by atoms with Gasteiger partial charge in [0, 0.05) is 29.6 Å². The van der Waals surface area contributed by atoms with Crippen LogP contribution in [-0.4, -0.2) is 37.3 Å². The smallest absolute Gasteiger partial charge is 0.408 e. The van der Waals surface area contributed by atoms with E-state index >= 15 is 0 Å². The lowest BCUT2D eigenvalue weighted by Gasteiger charge is -2.16. The summed E-state index contributed by atoms with van der Waals surface area (Å²) in [5.41, 5.74) is 2.61. The van der Waals surface area contributed by atoms with E-state index in [2.05, 4.69) is 10.3 Å². The molecule has 0 bridgehead atoms. The Morgan fingerprint density at radius 2 is 1.89 bits per heavy atom. The monoisotopic (exact) mass is 382 g/mol. The molecule has 1 unspecified atom stereocenters. The summed E-state index contributed by atoms with van der Waals surface area (Å²) in [7, 11) is 2.88. The van der Waals surface area contributed by atoms with Crippen molar-refractivity contribution in [3.8, 4) is 5.75 Å². The Morgan fingerprint density at radius 1 is 1.11 bits per heavy atom. The van der Waals surface area contributed by atoms with E-state index < -0.39 is 18.1 Å². The summed E-state index contributed by atoms with van der Waals surface area (Å²) in [6.45, 7) is 0.118. The van der Waals surface area contributed by atoms with Crippen molar-refractivity contribution >= 4 is 23.0 Å². The lowest BCUT2D eigenvalue weighted by molar-refractivity contribution is -0.142. The summed E-state index contributed by atoms with van der Waals surface area (Å²) in [6.07, 6.45) is 1.39. The van der Waals surface area contributed by atoms with Gasteiger partial charge in [0.2, 0.25) is 0 Å². The van der Waals surface area contributed by atoms with Crippen LogP contribution in [0.3, 0.4) is 0 Å². The number of hydrogen-bond acceptors (Lipinski definition) is 5. The van der Waals surface area contributed by atoms with Crippen LogP contribution in [0.1, 0.15) is 11.1 Å². The van der Waals surface area contributed by atoms with Gasteiger partial charge in [-0.05, 0) is 23.3 Å². The minimum Gasteiger partial charge on any atom is -0.497 e. The van der Waals surface area contributed by atoms with Crippen LogP contribution in [0.2, 0.25) is 0 Å². The van der Waals surface area contributed by atoms with Crippen LogP contribution in [0.25, 0.3) is 10.9 Å². The second kappa shape index (κ2) is 8.94. The Labute approximate surface area is 162 Å². The Bertz CT molecular complexity index is 952. The number of aromatic nitrogens is 1. The molecule has 7 heteroatoms. The topological polar surface area (TPSA) is 89.7 Å². The number of amides is 1. The minimum atomic E-state index is -0.866. The molecule has 28 heavy (non-hydrogen) atoms. The van der Waals surface area contributed by atoms with Gasteiger partial charge < -0.3 is 24.5 Å². The number of carbonyl (C=O) groups is 2. The Hall–Kier alpha value is -3.48. The highest BCUT2D eigenvalue weighted by molar-refractivity contribution is 5.86. The first-order valence-electron chi connectivity index (χ1n) is 8.79. The van der Waals surface area contributed by atoms with E-state index in [9.17, 15) is 9.59 Å². The highest BCUT2D eigenvalue weighted by Gasteiger charge is 2.24. The van der Waals surface area contributed by atoms with Gasteiger partial charge >= 0.3 is 12.1 Å². The van der Waals surface area contributed by atoms with Gasteiger partial charge in [0.25, 0.3) is 0 Å². The predicted molar refractivity (Wildman–Crippen MR) is 104 cm³/mol. The zero-order valence-corrected chi connectivity index (χ0v) is 15.7. The number of ether oxygens (including phenoxy) is 3. The Kier molecular flexibility index (Phi) is 6.16. The summed E-state index contributed by atoms with van der Waals surface area (Å²) in [5.74, 6) is 0.188. The summed E-state index contributed by atoms with van der Waals surface area (Å²) < 4.78 is 15.3. The van der Waals surface area contributed by atoms with E-state index in [1.54, 1.807) is 13.3 Å². The van der Waals surface area contributed by atoms with Crippen molar-refractivity contribution in [3.63, 3.8) is 0 Å². The summed E-state index contributed by atoms with van der Waals surface area (Å²) in [5, 5.41) is 3.53. The molecule has 3 rings (SSSR count). The number of carbonyl (C=O) groups excluding carboxylic acids is 2. The van der Waals surface area contributed by atoms with Gasteiger partial charge in [-0.25, -0.2) is 9.59 Å². The Balaban J connectivity index is 1.68. The molecule has 0 aliphatic rings. The van der Waals surface area contributed by atoms with Gasteiger partial charge in [0.1, 0.15) is 18.4 Å². The molecule has 1 amide bonds. The molecule has 7 nitrogen and oxygen atoms in total. The maximum atomic E-state index is 12.2. The molecule has 0 aliphatic carbocycles. The molecule has 2 N–H and O–H groups in total. The number of fused-ring (bicyclic) bond motifs is 1. The number of methoxy groups -OCH3 is 2. The van der Waals surface area contributed by atoms with Crippen LogP contribution < -0.4 is 10.1 Å². The SMILES string of the molecule is COC(=O)C(Cc1c[nH]c2cc(OC)ccc12)NC(=O)OCc1ccccc1. The number of aromatic amines is 1. The average molecular weight is 382 g/mol. The van der Waals surface area contributed by atoms with Crippen LogP contribution in [-0.2, 0) is 27.3 Å². The van der Waals surface area contributed by atoms with Gasteiger partial charge in [-0.15, -0.1) is 0 Å². The molecule has 0 spiro atoms. The van der Waals surface area contributed by atoms with Crippen molar-refractivity contribution in [3.05, 3.63) is 65.9 Å². The van der Waals surface area contributed by atoms with Crippen molar-refractivity contribution in [1.82, 2.24) is 10.3 Å². The number of benzene rings is 2.